The van der Waals surface area contributed by atoms with Crippen LogP contribution < -0.4 is 10.6 Å². The second kappa shape index (κ2) is 6.46. The SMILES string of the molecule is CN(CC(=O)NC(C)(C)C)C(=O)Nc1nnc(C(F)(F)F)s1. The summed E-state index contributed by atoms with van der Waals surface area (Å²) in [5.74, 6) is -0.390. The smallest absolute Gasteiger partial charge is 0.350 e. The van der Waals surface area contributed by atoms with E-state index < -0.39 is 28.7 Å². The number of nitrogens with zero attached hydrogens (tertiary/aromatic N) is 3. The molecule has 1 aromatic rings. The summed E-state index contributed by atoms with van der Waals surface area (Å²) in [5, 5.41) is 9.54. The van der Waals surface area contributed by atoms with Gasteiger partial charge in [-0.1, -0.05) is 11.3 Å². The van der Waals surface area contributed by atoms with E-state index in [0.717, 1.165) is 4.90 Å². The van der Waals surface area contributed by atoms with E-state index in [9.17, 15) is 22.8 Å². The van der Waals surface area contributed by atoms with Gasteiger partial charge in [0.2, 0.25) is 16.0 Å². The molecule has 7 nitrogen and oxygen atoms in total. The van der Waals surface area contributed by atoms with Crippen molar-refractivity contribution in [1.29, 1.82) is 0 Å². The fourth-order valence-electron chi connectivity index (χ4n) is 1.32. The first-order valence-corrected chi connectivity index (χ1v) is 6.94. The van der Waals surface area contributed by atoms with Gasteiger partial charge in [0.05, 0.1) is 0 Å². The van der Waals surface area contributed by atoms with Crippen molar-refractivity contribution < 1.29 is 22.8 Å². The predicted octanol–water partition coefficient (Wildman–Crippen LogP) is 1.94. The molecule has 0 fully saturated rings. The Labute approximate surface area is 128 Å². The molecule has 0 saturated heterocycles. The summed E-state index contributed by atoms with van der Waals surface area (Å²) in [5.41, 5.74) is -0.449. The highest BCUT2D eigenvalue weighted by Gasteiger charge is 2.36. The van der Waals surface area contributed by atoms with Crippen LogP contribution in [0.15, 0.2) is 0 Å². The number of alkyl halides is 3. The van der Waals surface area contributed by atoms with Gasteiger partial charge < -0.3 is 10.2 Å². The summed E-state index contributed by atoms with van der Waals surface area (Å²) in [7, 11) is 1.34. The van der Waals surface area contributed by atoms with E-state index in [1.165, 1.54) is 7.05 Å². The molecule has 1 aromatic heterocycles. The molecular formula is C11H16F3N5O2S. The van der Waals surface area contributed by atoms with Gasteiger partial charge in [0.25, 0.3) is 0 Å². The zero-order valence-corrected chi connectivity index (χ0v) is 13.2. The highest BCUT2D eigenvalue weighted by atomic mass is 32.1. The average molecular weight is 339 g/mol. The largest absolute Gasteiger partial charge is 0.445 e. The molecule has 22 heavy (non-hydrogen) atoms. The minimum atomic E-state index is -4.61. The molecule has 0 atom stereocenters. The van der Waals surface area contributed by atoms with Crippen LogP contribution in [0.4, 0.5) is 23.1 Å². The van der Waals surface area contributed by atoms with Gasteiger partial charge in [0, 0.05) is 12.6 Å². The quantitative estimate of drug-likeness (QED) is 0.881. The second-order valence-electron chi connectivity index (χ2n) is 5.49. The maximum Gasteiger partial charge on any atom is 0.445 e. The summed E-state index contributed by atoms with van der Waals surface area (Å²) in [4.78, 5) is 24.4. The number of halogens is 3. The lowest BCUT2D eigenvalue weighted by atomic mass is 10.1. The highest BCUT2D eigenvalue weighted by molar-refractivity contribution is 7.15. The molecular weight excluding hydrogens is 323 g/mol. The molecule has 0 aliphatic rings. The lowest BCUT2D eigenvalue weighted by Crippen LogP contribution is -2.47. The summed E-state index contributed by atoms with van der Waals surface area (Å²) in [6, 6.07) is -0.756. The first-order chi connectivity index (χ1) is 9.88. The molecule has 0 spiro atoms. The van der Waals surface area contributed by atoms with Crippen molar-refractivity contribution in [3.8, 4) is 0 Å². The summed E-state index contributed by atoms with van der Waals surface area (Å²) >= 11 is 0.208. The highest BCUT2D eigenvalue weighted by Crippen LogP contribution is 2.32. The molecule has 0 aliphatic carbocycles. The van der Waals surface area contributed by atoms with Crippen molar-refractivity contribution in [3.05, 3.63) is 5.01 Å². The number of anilines is 1. The van der Waals surface area contributed by atoms with Crippen LogP contribution >= 0.6 is 11.3 Å². The van der Waals surface area contributed by atoms with Gasteiger partial charge in [-0.25, -0.2) is 4.79 Å². The normalized spacial score (nSPS) is 12.0. The molecule has 1 rings (SSSR count). The van der Waals surface area contributed by atoms with E-state index in [4.69, 9.17) is 0 Å². The molecule has 2 N–H and O–H groups in total. The van der Waals surface area contributed by atoms with Crippen molar-refractivity contribution in [2.45, 2.75) is 32.5 Å². The molecule has 3 amide bonds. The number of aromatic nitrogens is 2. The lowest BCUT2D eigenvalue weighted by Gasteiger charge is -2.23. The zero-order chi connectivity index (χ0) is 17.1. The van der Waals surface area contributed by atoms with Crippen LogP contribution in [0.1, 0.15) is 25.8 Å². The van der Waals surface area contributed by atoms with Crippen molar-refractivity contribution in [3.63, 3.8) is 0 Å². The van der Waals surface area contributed by atoms with Gasteiger partial charge in [0.1, 0.15) is 6.54 Å². The predicted molar refractivity (Wildman–Crippen MR) is 74.5 cm³/mol. The number of urea groups is 1. The molecule has 0 saturated carbocycles. The first-order valence-electron chi connectivity index (χ1n) is 6.12. The Morgan fingerprint density at radius 3 is 2.27 bits per heavy atom. The lowest BCUT2D eigenvalue weighted by molar-refractivity contribution is -0.138. The number of nitrogens with one attached hydrogen (secondary N) is 2. The Morgan fingerprint density at radius 2 is 1.82 bits per heavy atom. The third-order valence-electron chi connectivity index (χ3n) is 2.12. The molecule has 11 heteroatoms. The van der Waals surface area contributed by atoms with E-state index >= 15 is 0 Å². The fraction of sp³-hybridized carbons (Fsp3) is 0.636. The van der Waals surface area contributed by atoms with Gasteiger partial charge in [-0.05, 0) is 20.8 Å². The van der Waals surface area contributed by atoms with Crippen LogP contribution in [-0.4, -0.2) is 46.2 Å². The molecule has 0 bridgehead atoms. The van der Waals surface area contributed by atoms with Crippen molar-refractivity contribution >= 4 is 28.4 Å². The monoisotopic (exact) mass is 339 g/mol. The van der Waals surface area contributed by atoms with E-state index in [1.807, 2.05) is 0 Å². The topological polar surface area (TPSA) is 87.2 Å². The number of carbonyl (C=O) groups excluding carboxylic acids is 2. The molecule has 0 aromatic carbocycles. The maximum atomic E-state index is 12.4. The van der Waals surface area contributed by atoms with Gasteiger partial charge >= 0.3 is 12.2 Å². The van der Waals surface area contributed by atoms with E-state index in [0.29, 0.717) is 0 Å². The number of carbonyl (C=O) groups is 2. The molecule has 124 valence electrons. The van der Waals surface area contributed by atoms with Crippen molar-refractivity contribution in [1.82, 2.24) is 20.4 Å². The Balaban J connectivity index is 2.58. The molecule has 0 radical (unpaired) electrons. The van der Waals surface area contributed by atoms with E-state index in [-0.39, 0.29) is 23.0 Å². The Bertz CT molecular complexity index is 553. The van der Waals surface area contributed by atoms with Crippen LogP contribution in [0.2, 0.25) is 0 Å². The summed E-state index contributed by atoms with van der Waals surface area (Å²) in [6.45, 7) is 5.11. The number of hydrogen-bond acceptors (Lipinski definition) is 5. The summed E-state index contributed by atoms with van der Waals surface area (Å²) < 4.78 is 37.1. The number of hydrogen-bond donors (Lipinski definition) is 2. The van der Waals surface area contributed by atoms with Crippen LogP contribution in [-0.2, 0) is 11.0 Å². The summed E-state index contributed by atoms with van der Waals surface area (Å²) in [6.07, 6.45) is -4.61. The van der Waals surface area contributed by atoms with Gasteiger partial charge in [0.15, 0.2) is 0 Å². The minimum absolute atomic E-state index is 0.208. The van der Waals surface area contributed by atoms with Crippen LogP contribution in [0, 0.1) is 0 Å². The number of likely N-dealkylation sites (N-methyl/N-ethyl adjacent to an activating group) is 1. The zero-order valence-electron chi connectivity index (χ0n) is 12.4. The maximum absolute atomic E-state index is 12.4. The van der Waals surface area contributed by atoms with Crippen LogP contribution in [0.5, 0.6) is 0 Å². The van der Waals surface area contributed by atoms with Crippen molar-refractivity contribution in [2.24, 2.45) is 0 Å². The standard InChI is InChI=1S/C11H16F3N5O2S/c1-10(2,3)16-6(20)5-19(4)9(21)15-8-18-17-7(22-8)11(12,13)14/h5H2,1-4H3,(H,16,20)(H,15,18,21). The van der Waals surface area contributed by atoms with Crippen LogP contribution in [0.3, 0.4) is 0 Å². The van der Waals surface area contributed by atoms with Gasteiger partial charge in [-0.3, -0.25) is 10.1 Å². The Kier molecular flexibility index (Phi) is 5.33. The fourth-order valence-corrected chi connectivity index (χ4v) is 1.92. The number of rotatable bonds is 3. The number of amides is 3. The van der Waals surface area contributed by atoms with Gasteiger partial charge in [-0.15, -0.1) is 10.2 Å². The third kappa shape index (κ3) is 5.84. The average Bonchev–Trinajstić information content (AvgIpc) is 2.74. The second-order valence-corrected chi connectivity index (χ2v) is 6.47. The minimum Gasteiger partial charge on any atom is -0.350 e. The Hall–Kier alpha value is -1.91. The van der Waals surface area contributed by atoms with Gasteiger partial charge in [-0.2, -0.15) is 13.2 Å². The Morgan fingerprint density at radius 1 is 1.23 bits per heavy atom. The first kappa shape index (κ1) is 18.1. The molecule has 0 unspecified atom stereocenters. The molecule has 0 aliphatic heterocycles. The third-order valence-corrected chi connectivity index (χ3v) is 3.01. The van der Waals surface area contributed by atoms with Crippen LogP contribution in [0.25, 0.3) is 0 Å². The van der Waals surface area contributed by atoms with E-state index in [2.05, 4.69) is 20.8 Å². The van der Waals surface area contributed by atoms with E-state index in [1.54, 1.807) is 20.8 Å². The van der Waals surface area contributed by atoms with Crippen molar-refractivity contribution in [2.75, 3.05) is 18.9 Å². The molecule has 1 heterocycles.